The Morgan fingerprint density at radius 1 is 0.960 bits per heavy atom. The van der Waals surface area contributed by atoms with Gasteiger partial charge in [-0.25, -0.2) is 0 Å². The van der Waals surface area contributed by atoms with Gasteiger partial charge in [0.2, 0.25) is 0 Å². The Morgan fingerprint density at radius 3 is 2.52 bits per heavy atom. The molecule has 0 amide bonds. The van der Waals surface area contributed by atoms with E-state index in [4.69, 9.17) is 0 Å². The summed E-state index contributed by atoms with van der Waals surface area (Å²) in [5.74, 6) is 2.70. The molecule has 0 nitrogen and oxygen atoms in total. The van der Waals surface area contributed by atoms with Gasteiger partial charge in [-0.15, -0.1) is 0 Å². The standard InChI is InChI=1S/C25H36/c1-3-4-13-23(20(2)18-21-11-6-5-7-12-21)19-24-16-10-15-22-14-8-9-17-25(22)24/h8-10,14-17,20-21,23H,3-7,11-13,18-19H2,1-2H3. The van der Waals surface area contributed by atoms with Crippen molar-refractivity contribution in [3.05, 3.63) is 48.0 Å². The Kier molecular flexibility index (Phi) is 6.96. The van der Waals surface area contributed by atoms with E-state index >= 15 is 0 Å². The van der Waals surface area contributed by atoms with Gasteiger partial charge in [0.15, 0.2) is 0 Å². The maximum Gasteiger partial charge on any atom is -0.0152 e. The van der Waals surface area contributed by atoms with Gasteiger partial charge in [-0.1, -0.05) is 101 Å². The van der Waals surface area contributed by atoms with E-state index in [2.05, 4.69) is 56.3 Å². The second kappa shape index (κ2) is 9.41. The molecule has 2 atom stereocenters. The third-order valence-corrected chi connectivity index (χ3v) is 6.53. The lowest BCUT2D eigenvalue weighted by Crippen LogP contribution is -2.19. The fourth-order valence-electron chi connectivity index (χ4n) is 4.95. The van der Waals surface area contributed by atoms with E-state index in [1.807, 2.05) is 0 Å². The fourth-order valence-corrected chi connectivity index (χ4v) is 4.95. The Hall–Kier alpha value is -1.30. The van der Waals surface area contributed by atoms with Crippen molar-refractivity contribution in [3.63, 3.8) is 0 Å². The topological polar surface area (TPSA) is 0 Å². The second-order valence-electron chi connectivity index (χ2n) is 8.46. The van der Waals surface area contributed by atoms with Crippen LogP contribution < -0.4 is 0 Å². The molecule has 2 aromatic carbocycles. The summed E-state index contributed by atoms with van der Waals surface area (Å²) < 4.78 is 0. The summed E-state index contributed by atoms with van der Waals surface area (Å²) in [6, 6.07) is 15.8. The molecule has 0 bridgehead atoms. The van der Waals surface area contributed by atoms with Crippen LogP contribution in [0.3, 0.4) is 0 Å². The fraction of sp³-hybridized carbons (Fsp3) is 0.600. The molecule has 1 saturated carbocycles. The van der Waals surface area contributed by atoms with Crippen LogP contribution in [0.2, 0.25) is 0 Å². The van der Waals surface area contributed by atoms with Crippen molar-refractivity contribution in [2.24, 2.45) is 17.8 Å². The minimum Gasteiger partial charge on any atom is -0.0654 e. The predicted octanol–water partition coefficient (Wildman–Crippen LogP) is 7.80. The van der Waals surface area contributed by atoms with Crippen LogP contribution in [-0.2, 0) is 6.42 Å². The Bertz CT molecular complexity index is 630. The second-order valence-corrected chi connectivity index (χ2v) is 8.46. The highest BCUT2D eigenvalue weighted by atomic mass is 14.3. The Morgan fingerprint density at radius 2 is 1.72 bits per heavy atom. The highest BCUT2D eigenvalue weighted by molar-refractivity contribution is 5.85. The van der Waals surface area contributed by atoms with Gasteiger partial charge >= 0.3 is 0 Å². The Labute approximate surface area is 155 Å². The molecule has 0 aliphatic heterocycles. The molecule has 1 aliphatic rings. The summed E-state index contributed by atoms with van der Waals surface area (Å²) in [4.78, 5) is 0. The molecular formula is C25H36. The molecule has 25 heavy (non-hydrogen) atoms. The summed E-state index contributed by atoms with van der Waals surface area (Å²) in [5, 5.41) is 2.87. The van der Waals surface area contributed by atoms with Crippen molar-refractivity contribution in [2.75, 3.05) is 0 Å². The lowest BCUT2D eigenvalue weighted by atomic mass is 9.75. The molecule has 2 unspecified atom stereocenters. The number of benzene rings is 2. The zero-order chi connectivity index (χ0) is 17.5. The molecular weight excluding hydrogens is 300 g/mol. The SMILES string of the molecule is CCCCC(Cc1cccc2ccccc12)C(C)CC1CCCCC1. The van der Waals surface area contributed by atoms with Gasteiger partial charge < -0.3 is 0 Å². The maximum atomic E-state index is 2.54. The van der Waals surface area contributed by atoms with E-state index in [0.717, 1.165) is 17.8 Å². The highest BCUT2D eigenvalue weighted by Gasteiger charge is 2.23. The summed E-state index contributed by atoms with van der Waals surface area (Å²) >= 11 is 0. The number of fused-ring (bicyclic) bond motifs is 1. The predicted molar refractivity (Wildman–Crippen MR) is 111 cm³/mol. The third kappa shape index (κ3) is 5.09. The molecule has 1 aliphatic carbocycles. The van der Waals surface area contributed by atoms with E-state index in [9.17, 15) is 0 Å². The van der Waals surface area contributed by atoms with Crippen molar-refractivity contribution in [1.82, 2.24) is 0 Å². The minimum absolute atomic E-state index is 0.840. The van der Waals surface area contributed by atoms with Crippen molar-refractivity contribution >= 4 is 10.8 Å². The molecule has 1 fully saturated rings. The average Bonchev–Trinajstić information content (AvgIpc) is 2.66. The van der Waals surface area contributed by atoms with Crippen LogP contribution in [0.25, 0.3) is 10.8 Å². The first-order chi connectivity index (χ1) is 12.3. The number of rotatable bonds is 8. The van der Waals surface area contributed by atoms with Gasteiger partial charge in [-0.3, -0.25) is 0 Å². The lowest BCUT2D eigenvalue weighted by Gasteiger charge is -2.30. The van der Waals surface area contributed by atoms with E-state index in [1.165, 1.54) is 75.0 Å². The van der Waals surface area contributed by atoms with Crippen LogP contribution in [-0.4, -0.2) is 0 Å². The highest BCUT2D eigenvalue weighted by Crippen LogP contribution is 2.35. The molecule has 0 spiro atoms. The summed E-state index contributed by atoms with van der Waals surface area (Å²) in [6.07, 6.45) is 14.2. The molecule has 0 radical (unpaired) electrons. The third-order valence-electron chi connectivity index (χ3n) is 6.53. The zero-order valence-corrected chi connectivity index (χ0v) is 16.3. The normalized spacial score (nSPS) is 18.3. The lowest BCUT2D eigenvalue weighted by molar-refractivity contribution is 0.231. The maximum absolute atomic E-state index is 2.54. The molecule has 136 valence electrons. The molecule has 2 aromatic rings. The smallest absolute Gasteiger partial charge is 0.0152 e. The molecule has 3 rings (SSSR count). The van der Waals surface area contributed by atoms with Crippen molar-refractivity contribution in [3.8, 4) is 0 Å². The summed E-state index contributed by atoms with van der Waals surface area (Å²) in [6.45, 7) is 4.88. The van der Waals surface area contributed by atoms with Gasteiger partial charge in [0, 0.05) is 0 Å². The van der Waals surface area contributed by atoms with E-state index < -0.39 is 0 Å². The van der Waals surface area contributed by atoms with E-state index in [1.54, 1.807) is 5.56 Å². The summed E-state index contributed by atoms with van der Waals surface area (Å²) in [7, 11) is 0. The van der Waals surface area contributed by atoms with Crippen LogP contribution in [0.1, 0.15) is 77.2 Å². The molecule has 0 saturated heterocycles. The largest absolute Gasteiger partial charge is 0.0654 e. The minimum atomic E-state index is 0.840. The first-order valence-corrected chi connectivity index (χ1v) is 10.7. The van der Waals surface area contributed by atoms with Crippen LogP contribution in [0.4, 0.5) is 0 Å². The quantitative estimate of drug-likeness (QED) is 0.461. The first-order valence-electron chi connectivity index (χ1n) is 10.7. The van der Waals surface area contributed by atoms with Gasteiger partial charge in [0.25, 0.3) is 0 Å². The average molecular weight is 337 g/mol. The molecule has 0 heteroatoms. The van der Waals surface area contributed by atoms with E-state index in [-0.39, 0.29) is 0 Å². The van der Waals surface area contributed by atoms with Crippen molar-refractivity contribution < 1.29 is 0 Å². The first kappa shape index (κ1) is 18.5. The number of hydrogen-bond acceptors (Lipinski definition) is 0. The molecule has 0 N–H and O–H groups in total. The monoisotopic (exact) mass is 336 g/mol. The zero-order valence-electron chi connectivity index (χ0n) is 16.3. The van der Waals surface area contributed by atoms with Gasteiger partial charge in [-0.05, 0) is 53.4 Å². The molecule has 0 heterocycles. The van der Waals surface area contributed by atoms with Crippen molar-refractivity contribution in [2.45, 2.75) is 78.1 Å². The number of unbranched alkanes of at least 4 members (excludes halogenated alkanes) is 1. The summed E-state index contributed by atoms with van der Waals surface area (Å²) in [5.41, 5.74) is 1.56. The van der Waals surface area contributed by atoms with Gasteiger partial charge in [0.05, 0.1) is 0 Å². The van der Waals surface area contributed by atoms with Crippen LogP contribution in [0.5, 0.6) is 0 Å². The van der Waals surface area contributed by atoms with E-state index in [0.29, 0.717) is 0 Å². The van der Waals surface area contributed by atoms with Gasteiger partial charge in [0.1, 0.15) is 0 Å². The van der Waals surface area contributed by atoms with Crippen LogP contribution in [0.15, 0.2) is 42.5 Å². The Balaban J connectivity index is 1.72. The van der Waals surface area contributed by atoms with Gasteiger partial charge in [-0.2, -0.15) is 0 Å². The molecule has 0 aromatic heterocycles. The van der Waals surface area contributed by atoms with Crippen molar-refractivity contribution in [1.29, 1.82) is 0 Å². The van der Waals surface area contributed by atoms with Crippen LogP contribution in [0, 0.1) is 17.8 Å². The van der Waals surface area contributed by atoms with Crippen LogP contribution >= 0.6 is 0 Å². The number of hydrogen-bond donors (Lipinski definition) is 0.